The van der Waals surface area contributed by atoms with Crippen molar-refractivity contribution in [1.82, 2.24) is 4.90 Å². The molecule has 1 N–H and O–H groups in total. The maximum absolute atomic E-state index is 9.57. The van der Waals surface area contributed by atoms with E-state index in [4.69, 9.17) is 0 Å². The van der Waals surface area contributed by atoms with Crippen molar-refractivity contribution in [1.29, 1.82) is 0 Å². The molecular formula is C14H19NO. The Morgan fingerprint density at radius 2 is 1.94 bits per heavy atom. The van der Waals surface area contributed by atoms with Crippen molar-refractivity contribution in [3.05, 3.63) is 29.8 Å². The summed E-state index contributed by atoms with van der Waals surface area (Å²) in [6.07, 6.45) is 5.27. The number of rotatable bonds is 1. The van der Waals surface area contributed by atoms with E-state index in [9.17, 15) is 5.11 Å². The zero-order valence-electron chi connectivity index (χ0n) is 9.60. The predicted octanol–water partition coefficient (Wildman–Crippen LogP) is 2.73. The van der Waals surface area contributed by atoms with Gasteiger partial charge < -0.3 is 5.11 Å². The molecule has 2 heterocycles. The highest BCUT2D eigenvalue weighted by atomic mass is 16.3. The lowest BCUT2D eigenvalue weighted by atomic mass is 9.83. The van der Waals surface area contributed by atoms with Gasteiger partial charge >= 0.3 is 0 Å². The summed E-state index contributed by atoms with van der Waals surface area (Å²) in [5.74, 6) is 1.05. The molecular weight excluding hydrogens is 198 g/mol. The summed E-state index contributed by atoms with van der Waals surface area (Å²) in [6.45, 7) is 2.56. The van der Waals surface area contributed by atoms with Gasteiger partial charge in [-0.2, -0.15) is 0 Å². The third-order valence-electron chi connectivity index (χ3n) is 4.14. The lowest BCUT2D eigenvalue weighted by Crippen LogP contribution is -2.39. The molecule has 2 atom stereocenters. The number of nitrogens with zero attached hydrogens (tertiary/aromatic N) is 1. The van der Waals surface area contributed by atoms with Crippen LogP contribution in [0.2, 0.25) is 0 Å². The summed E-state index contributed by atoms with van der Waals surface area (Å²) in [5.41, 5.74) is 1.33. The van der Waals surface area contributed by atoms with Crippen molar-refractivity contribution in [2.75, 3.05) is 13.1 Å². The van der Waals surface area contributed by atoms with Crippen molar-refractivity contribution in [2.24, 2.45) is 0 Å². The van der Waals surface area contributed by atoms with Gasteiger partial charge in [-0.25, -0.2) is 0 Å². The second kappa shape index (κ2) is 4.10. The standard InChI is InChI=1S/C14H19NO/c16-12-5-1-4-11(10-12)13-6-2-8-15-9-3-7-14(13)15/h1,4-5,10,13-14,16H,2-3,6-9H2/t13-,14?/m1/s1. The van der Waals surface area contributed by atoms with E-state index in [2.05, 4.69) is 11.0 Å². The highest BCUT2D eigenvalue weighted by Gasteiger charge is 2.35. The highest BCUT2D eigenvalue weighted by Crippen LogP contribution is 2.38. The molecule has 2 nitrogen and oxygen atoms in total. The van der Waals surface area contributed by atoms with E-state index in [0.29, 0.717) is 11.7 Å². The minimum absolute atomic E-state index is 0.410. The van der Waals surface area contributed by atoms with Crippen LogP contribution in [0.15, 0.2) is 24.3 Å². The van der Waals surface area contributed by atoms with Crippen molar-refractivity contribution in [3.8, 4) is 5.75 Å². The molecule has 0 amide bonds. The number of piperidine rings is 1. The second-order valence-corrected chi connectivity index (χ2v) is 5.09. The van der Waals surface area contributed by atoms with Crippen molar-refractivity contribution in [3.63, 3.8) is 0 Å². The largest absolute Gasteiger partial charge is 0.508 e. The van der Waals surface area contributed by atoms with E-state index in [-0.39, 0.29) is 0 Å². The number of aromatic hydroxyl groups is 1. The van der Waals surface area contributed by atoms with Gasteiger partial charge in [0.2, 0.25) is 0 Å². The summed E-state index contributed by atoms with van der Waals surface area (Å²) in [5, 5.41) is 9.57. The lowest BCUT2D eigenvalue weighted by Gasteiger charge is -2.37. The third-order valence-corrected chi connectivity index (χ3v) is 4.14. The fourth-order valence-electron chi connectivity index (χ4n) is 3.44. The molecule has 16 heavy (non-hydrogen) atoms. The average molecular weight is 217 g/mol. The van der Waals surface area contributed by atoms with Gasteiger partial charge in [0.05, 0.1) is 0 Å². The normalized spacial score (nSPS) is 30.2. The minimum Gasteiger partial charge on any atom is -0.508 e. The van der Waals surface area contributed by atoms with Crippen molar-refractivity contribution in [2.45, 2.75) is 37.6 Å². The molecule has 1 aromatic carbocycles. The maximum atomic E-state index is 9.57. The first kappa shape index (κ1) is 10.2. The average Bonchev–Trinajstić information content (AvgIpc) is 2.76. The molecule has 1 aromatic rings. The van der Waals surface area contributed by atoms with Crippen LogP contribution in [0.4, 0.5) is 0 Å². The summed E-state index contributed by atoms with van der Waals surface area (Å²) in [7, 11) is 0. The quantitative estimate of drug-likeness (QED) is 0.782. The Hall–Kier alpha value is -1.02. The molecule has 2 heteroatoms. The summed E-state index contributed by atoms with van der Waals surface area (Å²) >= 11 is 0. The molecule has 86 valence electrons. The van der Waals surface area contributed by atoms with Gasteiger partial charge in [0, 0.05) is 6.04 Å². The minimum atomic E-state index is 0.410. The Kier molecular flexibility index (Phi) is 2.60. The van der Waals surface area contributed by atoms with Gasteiger partial charge in [0.1, 0.15) is 5.75 Å². The number of phenolic OH excluding ortho intramolecular Hbond substituents is 1. The zero-order valence-corrected chi connectivity index (χ0v) is 9.60. The Labute approximate surface area is 96.9 Å². The first-order valence-electron chi connectivity index (χ1n) is 6.37. The van der Waals surface area contributed by atoms with Gasteiger partial charge in [-0.05, 0) is 62.4 Å². The van der Waals surface area contributed by atoms with Gasteiger partial charge in [0.25, 0.3) is 0 Å². The summed E-state index contributed by atoms with van der Waals surface area (Å²) in [4.78, 5) is 2.64. The third kappa shape index (κ3) is 1.71. The first-order chi connectivity index (χ1) is 7.84. The first-order valence-corrected chi connectivity index (χ1v) is 6.37. The van der Waals surface area contributed by atoms with Crippen LogP contribution in [-0.2, 0) is 0 Å². The van der Waals surface area contributed by atoms with E-state index in [0.717, 1.165) is 6.04 Å². The molecule has 2 aliphatic heterocycles. The number of fused-ring (bicyclic) bond motifs is 1. The van der Waals surface area contributed by atoms with E-state index in [1.165, 1.54) is 44.3 Å². The van der Waals surface area contributed by atoms with E-state index < -0.39 is 0 Å². The van der Waals surface area contributed by atoms with Crippen LogP contribution < -0.4 is 0 Å². The van der Waals surface area contributed by atoms with Gasteiger partial charge in [-0.3, -0.25) is 4.90 Å². The van der Waals surface area contributed by atoms with Crippen LogP contribution in [-0.4, -0.2) is 29.1 Å². The number of benzene rings is 1. The Morgan fingerprint density at radius 3 is 2.75 bits per heavy atom. The maximum Gasteiger partial charge on any atom is 0.115 e. The van der Waals surface area contributed by atoms with E-state index >= 15 is 0 Å². The molecule has 0 saturated carbocycles. The molecule has 0 radical (unpaired) electrons. The fraction of sp³-hybridized carbons (Fsp3) is 0.571. The predicted molar refractivity (Wildman–Crippen MR) is 64.7 cm³/mol. The molecule has 2 saturated heterocycles. The molecule has 2 fully saturated rings. The van der Waals surface area contributed by atoms with Gasteiger partial charge in [0.15, 0.2) is 0 Å². The molecule has 0 spiro atoms. The van der Waals surface area contributed by atoms with Crippen LogP contribution in [0.3, 0.4) is 0 Å². The molecule has 0 aromatic heterocycles. The molecule has 0 aliphatic carbocycles. The zero-order chi connectivity index (χ0) is 11.0. The molecule has 2 aliphatic rings. The number of hydrogen-bond acceptors (Lipinski definition) is 2. The molecule has 3 rings (SSSR count). The van der Waals surface area contributed by atoms with Crippen LogP contribution >= 0.6 is 0 Å². The Morgan fingerprint density at radius 1 is 1.12 bits per heavy atom. The molecule has 1 unspecified atom stereocenters. The van der Waals surface area contributed by atoms with Gasteiger partial charge in [-0.1, -0.05) is 12.1 Å². The Bertz CT molecular complexity index is 377. The smallest absolute Gasteiger partial charge is 0.115 e. The van der Waals surface area contributed by atoms with Crippen LogP contribution in [0.25, 0.3) is 0 Å². The van der Waals surface area contributed by atoms with Crippen molar-refractivity contribution >= 4 is 0 Å². The van der Waals surface area contributed by atoms with Crippen LogP contribution in [0, 0.1) is 0 Å². The number of hydrogen-bond donors (Lipinski definition) is 1. The van der Waals surface area contributed by atoms with E-state index in [1.54, 1.807) is 6.07 Å². The topological polar surface area (TPSA) is 23.5 Å². The number of phenols is 1. The second-order valence-electron chi connectivity index (χ2n) is 5.09. The fourth-order valence-corrected chi connectivity index (χ4v) is 3.44. The Balaban J connectivity index is 1.88. The van der Waals surface area contributed by atoms with E-state index in [1.807, 2.05) is 12.1 Å². The summed E-state index contributed by atoms with van der Waals surface area (Å²) < 4.78 is 0. The SMILES string of the molecule is Oc1cccc([C@H]2CCCN3CCCC23)c1. The summed E-state index contributed by atoms with van der Waals surface area (Å²) in [6, 6.07) is 8.59. The molecule has 0 bridgehead atoms. The monoisotopic (exact) mass is 217 g/mol. The highest BCUT2D eigenvalue weighted by molar-refractivity contribution is 5.31. The van der Waals surface area contributed by atoms with Gasteiger partial charge in [-0.15, -0.1) is 0 Å². The van der Waals surface area contributed by atoms with Crippen LogP contribution in [0.5, 0.6) is 5.75 Å². The lowest BCUT2D eigenvalue weighted by molar-refractivity contribution is 0.172. The van der Waals surface area contributed by atoms with Crippen LogP contribution in [0.1, 0.15) is 37.2 Å². The van der Waals surface area contributed by atoms with Crippen molar-refractivity contribution < 1.29 is 5.11 Å².